The molecule has 3 N–H and O–H groups in total. The second-order valence-electron chi connectivity index (χ2n) is 5.92. The molecular formula is C15H23N5O. The third-order valence-corrected chi connectivity index (χ3v) is 4.33. The molecular weight excluding hydrogens is 266 g/mol. The van der Waals surface area contributed by atoms with Crippen LogP contribution in [0, 0.1) is 0 Å². The van der Waals surface area contributed by atoms with Gasteiger partial charge in [0.2, 0.25) is 5.91 Å². The summed E-state index contributed by atoms with van der Waals surface area (Å²) in [6.07, 6.45) is 5.72. The lowest BCUT2D eigenvalue weighted by atomic mass is 10.2. The van der Waals surface area contributed by atoms with Crippen molar-refractivity contribution in [1.29, 1.82) is 0 Å². The summed E-state index contributed by atoms with van der Waals surface area (Å²) in [5, 5.41) is 3.08. The predicted molar refractivity (Wildman–Crippen MR) is 83.1 cm³/mol. The van der Waals surface area contributed by atoms with Crippen LogP contribution in [-0.4, -0.2) is 54.1 Å². The molecule has 1 aliphatic carbocycles. The van der Waals surface area contributed by atoms with E-state index in [1.165, 1.54) is 0 Å². The minimum Gasteiger partial charge on any atom is -0.396 e. The average Bonchev–Trinajstić information content (AvgIpc) is 3.31. The van der Waals surface area contributed by atoms with Gasteiger partial charge in [-0.05, 0) is 25.8 Å². The lowest BCUT2D eigenvalue weighted by molar-refractivity contribution is -0.126. The Kier molecular flexibility index (Phi) is 3.96. The van der Waals surface area contributed by atoms with Crippen molar-refractivity contribution in [2.24, 2.45) is 0 Å². The second-order valence-corrected chi connectivity index (χ2v) is 5.92. The second kappa shape index (κ2) is 5.89. The number of piperazine rings is 1. The van der Waals surface area contributed by atoms with Gasteiger partial charge >= 0.3 is 0 Å². The summed E-state index contributed by atoms with van der Waals surface area (Å²) in [5.41, 5.74) is 7.73. The highest BCUT2D eigenvalue weighted by molar-refractivity contribution is 5.82. The van der Waals surface area contributed by atoms with E-state index in [-0.39, 0.29) is 11.9 Å². The van der Waals surface area contributed by atoms with Crippen LogP contribution < -0.4 is 16.0 Å². The van der Waals surface area contributed by atoms with E-state index in [0.717, 1.165) is 44.7 Å². The smallest absolute Gasteiger partial charge is 0.237 e. The Balaban J connectivity index is 1.54. The third kappa shape index (κ3) is 3.26. The molecule has 1 aromatic rings. The van der Waals surface area contributed by atoms with E-state index in [9.17, 15) is 4.79 Å². The summed E-state index contributed by atoms with van der Waals surface area (Å²) < 4.78 is 0. The molecule has 2 heterocycles. The van der Waals surface area contributed by atoms with Gasteiger partial charge in [-0.2, -0.15) is 0 Å². The van der Waals surface area contributed by atoms with Crippen LogP contribution in [-0.2, 0) is 4.79 Å². The summed E-state index contributed by atoms with van der Waals surface area (Å²) in [4.78, 5) is 20.6. The molecule has 21 heavy (non-hydrogen) atoms. The van der Waals surface area contributed by atoms with Crippen LogP contribution >= 0.6 is 0 Å². The van der Waals surface area contributed by atoms with Gasteiger partial charge in [0.25, 0.3) is 0 Å². The molecule has 0 bridgehead atoms. The van der Waals surface area contributed by atoms with E-state index in [0.29, 0.717) is 11.7 Å². The van der Waals surface area contributed by atoms with Gasteiger partial charge < -0.3 is 16.0 Å². The first kappa shape index (κ1) is 14.1. The fourth-order valence-corrected chi connectivity index (χ4v) is 2.75. The van der Waals surface area contributed by atoms with Crippen molar-refractivity contribution in [2.45, 2.75) is 31.8 Å². The normalized spacial score (nSPS) is 21.1. The molecule has 114 valence electrons. The number of nitrogens with zero attached hydrogens (tertiary/aromatic N) is 3. The Labute approximate surface area is 125 Å². The van der Waals surface area contributed by atoms with Crippen molar-refractivity contribution >= 4 is 17.3 Å². The number of nitrogens with two attached hydrogens (primary N) is 1. The van der Waals surface area contributed by atoms with Crippen molar-refractivity contribution in [1.82, 2.24) is 15.2 Å². The number of anilines is 2. The number of pyridine rings is 1. The van der Waals surface area contributed by atoms with E-state index in [1.807, 2.05) is 13.0 Å². The molecule has 3 rings (SSSR count). The number of carbonyl (C=O) groups excluding carboxylic acids is 1. The molecule has 1 atom stereocenters. The molecule has 0 radical (unpaired) electrons. The zero-order valence-electron chi connectivity index (χ0n) is 12.5. The standard InChI is InChI=1S/C15H23N5O/c1-11(15(21)18-12-2-3-12)19-6-8-20(9-7-19)14-4-5-17-10-13(14)16/h4-5,10-12H,2-3,6-9,16H2,1H3,(H,18,21). The molecule has 2 fully saturated rings. The Hall–Kier alpha value is -1.82. The SMILES string of the molecule is CC(C(=O)NC1CC1)N1CCN(c2ccncc2N)CC1. The van der Waals surface area contributed by atoms with E-state index >= 15 is 0 Å². The van der Waals surface area contributed by atoms with Crippen LogP contribution in [0.4, 0.5) is 11.4 Å². The molecule has 1 saturated heterocycles. The summed E-state index contributed by atoms with van der Waals surface area (Å²) in [6, 6.07) is 2.33. The first-order valence-corrected chi connectivity index (χ1v) is 7.64. The molecule has 1 unspecified atom stereocenters. The average molecular weight is 289 g/mol. The lowest BCUT2D eigenvalue weighted by Crippen LogP contribution is -2.54. The van der Waals surface area contributed by atoms with Crippen molar-refractivity contribution in [3.63, 3.8) is 0 Å². The van der Waals surface area contributed by atoms with E-state index in [1.54, 1.807) is 12.4 Å². The quantitative estimate of drug-likeness (QED) is 0.842. The zero-order valence-corrected chi connectivity index (χ0v) is 12.5. The number of amides is 1. The molecule has 1 aromatic heterocycles. The van der Waals surface area contributed by atoms with Crippen LogP contribution in [0.25, 0.3) is 0 Å². The summed E-state index contributed by atoms with van der Waals surface area (Å²) >= 11 is 0. The van der Waals surface area contributed by atoms with Crippen molar-refractivity contribution in [3.05, 3.63) is 18.5 Å². The highest BCUT2D eigenvalue weighted by Gasteiger charge is 2.30. The summed E-state index contributed by atoms with van der Waals surface area (Å²) in [7, 11) is 0. The van der Waals surface area contributed by atoms with Crippen LogP contribution in [0.1, 0.15) is 19.8 Å². The maximum atomic E-state index is 12.1. The highest BCUT2D eigenvalue weighted by Crippen LogP contribution is 2.23. The van der Waals surface area contributed by atoms with Gasteiger partial charge in [-0.1, -0.05) is 0 Å². The molecule has 6 nitrogen and oxygen atoms in total. The van der Waals surface area contributed by atoms with E-state index in [2.05, 4.69) is 20.1 Å². The first-order valence-electron chi connectivity index (χ1n) is 7.64. The maximum absolute atomic E-state index is 12.1. The van der Waals surface area contributed by atoms with Gasteiger partial charge in [0.05, 0.1) is 23.6 Å². The fourth-order valence-electron chi connectivity index (χ4n) is 2.75. The number of nitrogen functional groups attached to an aromatic ring is 1. The number of carbonyl (C=O) groups is 1. The highest BCUT2D eigenvalue weighted by atomic mass is 16.2. The molecule has 1 aliphatic heterocycles. The van der Waals surface area contributed by atoms with Gasteiger partial charge in [-0.3, -0.25) is 14.7 Å². The van der Waals surface area contributed by atoms with Gasteiger partial charge in [-0.25, -0.2) is 0 Å². The topological polar surface area (TPSA) is 74.5 Å². The van der Waals surface area contributed by atoms with Crippen LogP contribution in [0.3, 0.4) is 0 Å². The van der Waals surface area contributed by atoms with Gasteiger partial charge in [0, 0.05) is 38.4 Å². The van der Waals surface area contributed by atoms with E-state index < -0.39 is 0 Å². The van der Waals surface area contributed by atoms with Crippen LogP contribution in [0.15, 0.2) is 18.5 Å². The van der Waals surface area contributed by atoms with Gasteiger partial charge in [0.15, 0.2) is 0 Å². The predicted octanol–water partition coefficient (Wildman–Crippen LogP) is 0.453. The third-order valence-electron chi connectivity index (χ3n) is 4.33. The Morgan fingerprint density at radius 2 is 2.10 bits per heavy atom. The van der Waals surface area contributed by atoms with Crippen molar-refractivity contribution in [3.8, 4) is 0 Å². The minimum absolute atomic E-state index is 0.0532. The van der Waals surface area contributed by atoms with Crippen LogP contribution in [0.2, 0.25) is 0 Å². The summed E-state index contributed by atoms with van der Waals surface area (Å²) in [5.74, 6) is 0.161. The summed E-state index contributed by atoms with van der Waals surface area (Å²) in [6.45, 7) is 5.51. The maximum Gasteiger partial charge on any atom is 0.237 e. The van der Waals surface area contributed by atoms with Crippen molar-refractivity contribution in [2.75, 3.05) is 36.8 Å². The number of hydrogen-bond acceptors (Lipinski definition) is 5. The fraction of sp³-hybridized carbons (Fsp3) is 0.600. The Morgan fingerprint density at radius 1 is 1.38 bits per heavy atom. The van der Waals surface area contributed by atoms with Crippen molar-refractivity contribution < 1.29 is 4.79 Å². The lowest BCUT2D eigenvalue weighted by Gasteiger charge is -2.38. The Bertz CT molecular complexity index is 509. The molecule has 6 heteroatoms. The first-order chi connectivity index (χ1) is 10.1. The zero-order chi connectivity index (χ0) is 14.8. The van der Waals surface area contributed by atoms with Gasteiger partial charge in [0.1, 0.15) is 0 Å². The van der Waals surface area contributed by atoms with Gasteiger partial charge in [-0.15, -0.1) is 0 Å². The number of aromatic nitrogens is 1. The van der Waals surface area contributed by atoms with Crippen LogP contribution in [0.5, 0.6) is 0 Å². The largest absolute Gasteiger partial charge is 0.396 e. The molecule has 2 aliphatic rings. The monoisotopic (exact) mass is 289 g/mol. The minimum atomic E-state index is -0.0532. The van der Waals surface area contributed by atoms with E-state index in [4.69, 9.17) is 5.73 Å². The molecule has 0 aromatic carbocycles. The molecule has 1 saturated carbocycles. The molecule has 1 amide bonds. The number of nitrogens with one attached hydrogen (secondary N) is 1. The molecule has 0 spiro atoms. The Morgan fingerprint density at radius 3 is 2.71 bits per heavy atom. The number of rotatable bonds is 4. The number of hydrogen-bond donors (Lipinski definition) is 2.